The zero-order chi connectivity index (χ0) is 17.9. The first kappa shape index (κ1) is 18.0. The number of methoxy groups -OCH3 is 1. The van der Waals surface area contributed by atoms with Crippen LogP contribution in [0.25, 0.3) is 0 Å². The lowest BCUT2D eigenvalue weighted by atomic mass is 10.2. The molecule has 2 aliphatic rings. The molecule has 138 valence electrons. The maximum absolute atomic E-state index is 12.2. The second kappa shape index (κ2) is 7.61. The van der Waals surface area contributed by atoms with Crippen LogP contribution in [0.15, 0.2) is 24.3 Å². The molecular formula is C17H26N3O4S+. The Labute approximate surface area is 148 Å². The summed E-state index contributed by atoms with van der Waals surface area (Å²) in [5.74, 6) is 1.08. The molecule has 2 saturated heterocycles. The summed E-state index contributed by atoms with van der Waals surface area (Å²) in [5, 5.41) is 2.87. The van der Waals surface area contributed by atoms with E-state index in [4.69, 9.17) is 4.74 Å². The zero-order valence-electron chi connectivity index (χ0n) is 14.5. The second-order valence-electron chi connectivity index (χ2n) is 6.75. The van der Waals surface area contributed by atoms with Gasteiger partial charge in [0.15, 0.2) is 16.4 Å². The van der Waals surface area contributed by atoms with Crippen molar-refractivity contribution in [3.8, 4) is 5.75 Å². The number of sulfone groups is 1. The molecule has 2 fully saturated rings. The molecule has 2 heterocycles. The Balaban J connectivity index is 1.47. The molecule has 0 aliphatic carbocycles. The number of benzene rings is 1. The first-order valence-corrected chi connectivity index (χ1v) is 10.5. The highest BCUT2D eigenvalue weighted by Gasteiger charge is 2.30. The lowest BCUT2D eigenvalue weighted by Gasteiger charge is -2.34. The lowest BCUT2D eigenvalue weighted by Crippen LogP contribution is -3.16. The molecule has 1 aromatic rings. The molecule has 0 bridgehead atoms. The predicted octanol–water partition coefficient (Wildman–Crippen LogP) is -1.30. The van der Waals surface area contributed by atoms with Gasteiger partial charge in [-0.3, -0.25) is 4.79 Å². The summed E-state index contributed by atoms with van der Waals surface area (Å²) in [4.78, 5) is 15.7. The van der Waals surface area contributed by atoms with Crippen molar-refractivity contribution >= 4 is 21.4 Å². The van der Waals surface area contributed by atoms with Crippen LogP contribution in [0.5, 0.6) is 5.75 Å². The average Bonchev–Trinajstić information content (AvgIpc) is 2.94. The molecule has 7 nitrogen and oxygen atoms in total. The SMILES string of the molecule is COc1ccccc1N1CC[NH+](CC(=O)N[C@H]2CCS(=O)(=O)C2)CC1. The molecule has 0 radical (unpaired) electrons. The van der Waals surface area contributed by atoms with Gasteiger partial charge >= 0.3 is 0 Å². The van der Waals surface area contributed by atoms with Crippen molar-refractivity contribution in [3.63, 3.8) is 0 Å². The van der Waals surface area contributed by atoms with Gasteiger partial charge < -0.3 is 19.9 Å². The van der Waals surface area contributed by atoms with Crippen molar-refractivity contribution in [1.82, 2.24) is 5.32 Å². The monoisotopic (exact) mass is 368 g/mol. The van der Waals surface area contributed by atoms with Crippen LogP contribution in [0.2, 0.25) is 0 Å². The van der Waals surface area contributed by atoms with E-state index in [2.05, 4.69) is 16.3 Å². The van der Waals surface area contributed by atoms with Crippen molar-refractivity contribution in [2.75, 3.05) is 56.2 Å². The number of para-hydroxylation sites is 2. The van der Waals surface area contributed by atoms with Crippen molar-refractivity contribution in [2.24, 2.45) is 0 Å². The number of hydrogen-bond donors (Lipinski definition) is 2. The maximum Gasteiger partial charge on any atom is 0.275 e. The van der Waals surface area contributed by atoms with Gasteiger partial charge in [-0.25, -0.2) is 8.42 Å². The molecule has 2 aliphatic heterocycles. The van der Waals surface area contributed by atoms with Gasteiger partial charge in [0.2, 0.25) is 0 Å². The molecule has 8 heteroatoms. The van der Waals surface area contributed by atoms with E-state index in [1.807, 2.05) is 18.2 Å². The van der Waals surface area contributed by atoms with Gasteiger partial charge in [-0.05, 0) is 18.6 Å². The fourth-order valence-corrected chi connectivity index (χ4v) is 5.22. The molecule has 0 unspecified atom stereocenters. The summed E-state index contributed by atoms with van der Waals surface area (Å²) in [6.07, 6.45) is 0.533. The number of carbonyl (C=O) groups excluding carboxylic acids is 1. The van der Waals surface area contributed by atoms with E-state index < -0.39 is 9.84 Å². The summed E-state index contributed by atoms with van der Waals surface area (Å²) in [5.41, 5.74) is 1.09. The van der Waals surface area contributed by atoms with Crippen molar-refractivity contribution < 1.29 is 22.8 Å². The minimum absolute atomic E-state index is 0.0529. The lowest BCUT2D eigenvalue weighted by molar-refractivity contribution is -0.892. The Bertz CT molecular complexity index is 714. The quantitative estimate of drug-likeness (QED) is 0.676. The smallest absolute Gasteiger partial charge is 0.275 e. The molecule has 1 aromatic carbocycles. The van der Waals surface area contributed by atoms with E-state index in [0.29, 0.717) is 13.0 Å². The van der Waals surface area contributed by atoms with Crippen molar-refractivity contribution in [1.29, 1.82) is 0 Å². The van der Waals surface area contributed by atoms with E-state index in [1.54, 1.807) is 7.11 Å². The van der Waals surface area contributed by atoms with E-state index in [-0.39, 0.29) is 23.5 Å². The molecule has 1 amide bonds. The Morgan fingerprint density at radius 1 is 1.32 bits per heavy atom. The van der Waals surface area contributed by atoms with Crippen LogP contribution in [0.3, 0.4) is 0 Å². The number of carbonyl (C=O) groups is 1. The van der Waals surface area contributed by atoms with E-state index in [0.717, 1.165) is 37.6 Å². The standard InChI is InChI=1S/C17H25N3O4S/c1-24-16-5-3-2-4-15(16)20-9-7-19(8-10-20)12-17(21)18-14-6-11-25(22,23)13-14/h2-5,14H,6-13H2,1H3,(H,18,21)/p+1/t14-/m0/s1. The Kier molecular flexibility index (Phi) is 5.48. The van der Waals surface area contributed by atoms with Gasteiger partial charge in [-0.2, -0.15) is 0 Å². The van der Waals surface area contributed by atoms with Crippen LogP contribution in [0, 0.1) is 0 Å². The molecule has 3 rings (SSSR count). The molecule has 0 aromatic heterocycles. The van der Waals surface area contributed by atoms with Crippen LogP contribution in [0.4, 0.5) is 5.69 Å². The third-order valence-corrected chi connectivity index (χ3v) is 6.67. The molecule has 0 spiro atoms. The minimum atomic E-state index is -2.96. The van der Waals surface area contributed by atoms with E-state index in [1.165, 1.54) is 4.90 Å². The van der Waals surface area contributed by atoms with Crippen molar-refractivity contribution in [2.45, 2.75) is 12.5 Å². The number of quaternary nitrogens is 1. The van der Waals surface area contributed by atoms with E-state index >= 15 is 0 Å². The second-order valence-corrected chi connectivity index (χ2v) is 8.98. The van der Waals surface area contributed by atoms with Gasteiger partial charge in [-0.15, -0.1) is 0 Å². The number of rotatable bonds is 5. The van der Waals surface area contributed by atoms with Crippen LogP contribution < -0.4 is 19.9 Å². The topological polar surface area (TPSA) is 80.2 Å². The largest absolute Gasteiger partial charge is 0.495 e. The minimum Gasteiger partial charge on any atom is -0.495 e. The summed E-state index contributed by atoms with van der Waals surface area (Å²) < 4.78 is 28.3. The van der Waals surface area contributed by atoms with Crippen LogP contribution >= 0.6 is 0 Å². The fraction of sp³-hybridized carbons (Fsp3) is 0.588. The highest BCUT2D eigenvalue weighted by molar-refractivity contribution is 7.91. The van der Waals surface area contributed by atoms with Gasteiger partial charge in [0.05, 0.1) is 50.5 Å². The van der Waals surface area contributed by atoms with Crippen molar-refractivity contribution in [3.05, 3.63) is 24.3 Å². The maximum atomic E-state index is 12.2. The summed E-state index contributed by atoms with van der Waals surface area (Å²) in [7, 11) is -1.28. The third kappa shape index (κ3) is 4.64. The number of nitrogens with zero attached hydrogens (tertiary/aromatic N) is 1. The normalized spacial score (nSPS) is 23.4. The number of ether oxygens (including phenoxy) is 1. The number of hydrogen-bond acceptors (Lipinski definition) is 5. The fourth-order valence-electron chi connectivity index (χ4n) is 3.55. The van der Waals surface area contributed by atoms with E-state index in [9.17, 15) is 13.2 Å². The highest BCUT2D eigenvalue weighted by Crippen LogP contribution is 2.27. The molecule has 1 atom stereocenters. The van der Waals surface area contributed by atoms with Crippen LogP contribution in [-0.2, 0) is 14.6 Å². The summed E-state index contributed by atoms with van der Waals surface area (Å²) in [6, 6.07) is 7.75. The molecule has 0 saturated carbocycles. The number of anilines is 1. The molecule has 2 N–H and O–H groups in total. The molecular weight excluding hydrogens is 342 g/mol. The van der Waals surface area contributed by atoms with Gasteiger partial charge in [-0.1, -0.05) is 12.1 Å². The first-order chi connectivity index (χ1) is 12.0. The Hall–Kier alpha value is -1.80. The Morgan fingerprint density at radius 3 is 2.68 bits per heavy atom. The van der Waals surface area contributed by atoms with Gasteiger partial charge in [0.25, 0.3) is 5.91 Å². The average molecular weight is 368 g/mol. The van der Waals surface area contributed by atoms with Crippen LogP contribution in [0.1, 0.15) is 6.42 Å². The number of piperazine rings is 1. The third-order valence-electron chi connectivity index (χ3n) is 4.90. The first-order valence-electron chi connectivity index (χ1n) is 8.68. The van der Waals surface area contributed by atoms with Gasteiger partial charge in [0.1, 0.15) is 5.75 Å². The number of nitrogens with one attached hydrogen (secondary N) is 2. The molecule has 25 heavy (non-hydrogen) atoms. The Morgan fingerprint density at radius 2 is 2.04 bits per heavy atom. The highest BCUT2D eigenvalue weighted by atomic mass is 32.2. The number of amides is 1. The predicted molar refractivity (Wildman–Crippen MR) is 96.0 cm³/mol. The summed E-state index contributed by atoms with van der Waals surface area (Å²) >= 11 is 0. The van der Waals surface area contributed by atoms with Gasteiger partial charge in [0, 0.05) is 6.04 Å². The van der Waals surface area contributed by atoms with Crippen LogP contribution in [-0.4, -0.2) is 71.7 Å². The summed E-state index contributed by atoms with van der Waals surface area (Å²) in [6.45, 7) is 3.86. The zero-order valence-corrected chi connectivity index (χ0v) is 15.3.